The number of hydrogen-bond acceptors (Lipinski definition) is 4. The maximum atomic E-state index is 13.4. The number of amides is 1. The first-order chi connectivity index (χ1) is 16.2. The van der Waals surface area contributed by atoms with Crippen LogP contribution >= 0.6 is 0 Å². The molecule has 0 bridgehead atoms. The molecule has 170 valence electrons. The van der Waals surface area contributed by atoms with Crippen LogP contribution in [0.4, 0.5) is 4.39 Å². The molecular formula is C25H27FN6O. The number of H-pyrrole nitrogens is 1. The predicted molar refractivity (Wildman–Crippen MR) is 125 cm³/mol. The number of carbonyl (C=O) groups is 1. The van der Waals surface area contributed by atoms with E-state index in [0.29, 0.717) is 19.5 Å². The summed E-state index contributed by atoms with van der Waals surface area (Å²) in [6, 6.07) is 12.9. The number of fused-ring (bicyclic) bond motifs is 1. The van der Waals surface area contributed by atoms with Gasteiger partial charge in [-0.25, -0.2) is 4.39 Å². The third kappa shape index (κ3) is 4.96. The zero-order valence-electron chi connectivity index (χ0n) is 18.5. The van der Waals surface area contributed by atoms with Gasteiger partial charge in [-0.05, 0) is 67.3 Å². The molecule has 0 unspecified atom stereocenters. The number of aromatic nitrogens is 4. The fraction of sp³-hybridized carbons (Fsp3) is 0.320. The lowest BCUT2D eigenvalue weighted by molar-refractivity contribution is -0.135. The molecule has 0 saturated carbocycles. The van der Waals surface area contributed by atoms with E-state index < -0.39 is 0 Å². The van der Waals surface area contributed by atoms with E-state index >= 15 is 0 Å². The average Bonchev–Trinajstić information content (AvgIpc) is 3.49. The SMILES string of the molecule is O=C1CN(CCCc2c[nH]c3ccc(-n4cnnc4)cc23)CCN1CCc1cccc(F)c1. The van der Waals surface area contributed by atoms with Crippen molar-refractivity contribution >= 4 is 16.8 Å². The van der Waals surface area contributed by atoms with Gasteiger partial charge in [0.2, 0.25) is 5.91 Å². The van der Waals surface area contributed by atoms with E-state index in [2.05, 4.69) is 38.4 Å². The molecule has 2 aromatic carbocycles. The van der Waals surface area contributed by atoms with Crippen LogP contribution in [0.2, 0.25) is 0 Å². The Labute approximate surface area is 191 Å². The van der Waals surface area contributed by atoms with Crippen LogP contribution in [0.3, 0.4) is 0 Å². The maximum absolute atomic E-state index is 13.4. The average molecular weight is 447 g/mol. The zero-order chi connectivity index (χ0) is 22.6. The number of benzene rings is 2. The molecule has 1 N–H and O–H groups in total. The second-order valence-electron chi connectivity index (χ2n) is 8.55. The molecule has 33 heavy (non-hydrogen) atoms. The Hall–Kier alpha value is -3.52. The second-order valence-corrected chi connectivity index (χ2v) is 8.55. The Kier molecular flexibility index (Phi) is 6.17. The van der Waals surface area contributed by atoms with Gasteiger partial charge < -0.3 is 9.88 Å². The molecule has 1 amide bonds. The summed E-state index contributed by atoms with van der Waals surface area (Å²) in [4.78, 5) is 20.1. The largest absolute Gasteiger partial charge is 0.361 e. The maximum Gasteiger partial charge on any atom is 0.236 e. The van der Waals surface area contributed by atoms with Crippen molar-refractivity contribution in [2.24, 2.45) is 0 Å². The third-order valence-electron chi connectivity index (χ3n) is 6.35. The number of halogens is 1. The van der Waals surface area contributed by atoms with Gasteiger partial charge in [0.15, 0.2) is 0 Å². The number of aryl methyl sites for hydroxylation is 1. The first kappa shape index (κ1) is 21.3. The van der Waals surface area contributed by atoms with Crippen LogP contribution in [-0.2, 0) is 17.6 Å². The molecule has 1 aliphatic rings. The van der Waals surface area contributed by atoms with Crippen LogP contribution in [0, 0.1) is 5.82 Å². The lowest BCUT2D eigenvalue weighted by Crippen LogP contribution is -2.51. The molecule has 7 nitrogen and oxygen atoms in total. The highest BCUT2D eigenvalue weighted by Crippen LogP contribution is 2.23. The van der Waals surface area contributed by atoms with Gasteiger partial charge in [0.05, 0.1) is 6.54 Å². The molecule has 0 atom stereocenters. The van der Waals surface area contributed by atoms with E-state index in [0.717, 1.165) is 49.2 Å². The number of aromatic amines is 1. The highest BCUT2D eigenvalue weighted by molar-refractivity contribution is 5.85. The van der Waals surface area contributed by atoms with Crippen molar-refractivity contribution < 1.29 is 9.18 Å². The zero-order valence-corrected chi connectivity index (χ0v) is 18.5. The van der Waals surface area contributed by atoms with Gasteiger partial charge in [-0.2, -0.15) is 0 Å². The summed E-state index contributed by atoms with van der Waals surface area (Å²) in [5.74, 6) is -0.0721. The van der Waals surface area contributed by atoms with Crippen LogP contribution < -0.4 is 0 Å². The van der Waals surface area contributed by atoms with E-state index in [1.54, 1.807) is 24.8 Å². The van der Waals surface area contributed by atoms with Crippen molar-refractivity contribution in [1.82, 2.24) is 29.5 Å². The molecule has 5 rings (SSSR count). The Morgan fingerprint density at radius 1 is 1.00 bits per heavy atom. The Balaban J connectivity index is 1.12. The van der Waals surface area contributed by atoms with E-state index in [4.69, 9.17) is 0 Å². The molecule has 0 radical (unpaired) electrons. The van der Waals surface area contributed by atoms with Gasteiger partial charge in [-0.15, -0.1) is 10.2 Å². The summed E-state index contributed by atoms with van der Waals surface area (Å²) in [7, 11) is 0. The summed E-state index contributed by atoms with van der Waals surface area (Å²) in [5, 5.41) is 8.98. The Morgan fingerprint density at radius 3 is 2.70 bits per heavy atom. The van der Waals surface area contributed by atoms with Crippen molar-refractivity contribution in [3.8, 4) is 5.69 Å². The van der Waals surface area contributed by atoms with Gasteiger partial charge in [-0.1, -0.05) is 12.1 Å². The number of nitrogens with zero attached hydrogens (tertiary/aromatic N) is 5. The van der Waals surface area contributed by atoms with Crippen LogP contribution in [0.25, 0.3) is 16.6 Å². The van der Waals surface area contributed by atoms with Gasteiger partial charge in [0.1, 0.15) is 18.5 Å². The van der Waals surface area contributed by atoms with Gasteiger partial charge in [0.25, 0.3) is 0 Å². The quantitative estimate of drug-likeness (QED) is 0.451. The van der Waals surface area contributed by atoms with Crippen molar-refractivity contribution in [3.05, 3.63) is 78.3 Å². The lowest BCUT2D eigenvalue weighted by Gasteiger charge is -2.34. The molecule has 1 fully saturated rings. The fourth-order valence-electron chi connectivity index (χ4n) is 4.50. The second kappa shape index (κ2) is 9.54. The summed E-state index contributed by atoms with van der Waals surface area (Å²) in [5.41, 5.74) is 4.36. The monoisotopic (exact) mass is 446 g/mol. The molecule has 2 aromatic heterocycles. The Bertz CT molecular complexity index is 1230. The summed E-state index contributed by atoms with van der Waals surface area (Å²) in [6.45, 7) is 3.58. The van der Waals surface area contributed by atoms with Crippen molar-refractivity contribution in [2.45, 2.75) is 19.3 Å². The minimum atomic E-state index is -0.228. The van der Waals surface area contributed by atoms with Gasteiger partial charge >= 0.3 is 0 Å². The molecular weight excluding hydrogens is 419 g/mol. The first-order valence-corrected chi connectivity index (χ1v) is 11.4. The standard InChI is InChI=1S/C25H27FN6O/c26-21-5-1-3-19(13-21)8-10-31-12-11-30(16-25(31)33)9-2-4-20-15-27-24-7-6-22(14-23(20)24)32-17-28-29-18-32/h1,3,5-7,13-15,17-18,27H,2,4,8-12,16H2. The van der Waals surface area contributed by atoms with Crippen LogP contribution in [0.15, 0.2) is 61.3 Å². The summed E-state index contributed by atoms with van der Waals surface area (Å²) < 4.78 is 15.3. The van der Waals surface area contributed by atoms with Crippen molar-refractivity contribution in [1.29, 1.82) is 0 Å². The van der Waals surface area contributed by atoms with Crippen LogP contribution in [-0.4, -0.2) is 68.2 Å². The van der Waals surface area contributed by atoms with E-state index in [-0.39, 0.29) is 11.7 Å². The smallest absolute Gasteiger partial charge is 0.236 e. The summed E-state index contributed by atoms with van der Waals surface area (Å²) in [6.07, 6.45) is 8.09. The van der Waals surface area contributed by atoms with Crippen LogP contribution in [0.1, 0.15) is 17.5 Å². The van der Waals surface area contributed by atoms with E-state index in [1.807, 2.05) is 21.6 Å². The lowest BCUT2D eigenvalue weighted by atomic mass is 10.1. The predicted octanol–water partition coefficient (Wildman–Crippen LogP) is 3.21. The molecule has 3 heterocycles. The minimum absolute atomic E-state index is 0.156. The molecule has 0 aliphatic carbocycles. The first-order valence-electron chi connectivity index (χ1n) is 11.4. The normalized spacial score (nSPS) is 14.9. The van der Waals surface area contributed by atoms with Gasteiger partial charge in [0, 0.05) is 42.4 Å². The molecule has 0 spiro atoms. The topological polar surface area (TPSA) is 70.0 Å². The van der Waals surface area contributed by atoms with Crippen molar-refractivity contribution in [3.63, 3.8) is 0 Å². The number of piperazine rings is 1. The molecule has 8 heteroatoms. The van der Waals surface area contributed by atoms with E-state index in [9.17, 15) is 9.18 Å². The van der Waals surface area contributed by atoms with E-state index in [1.165, 1.54) is 17.0 Å². The fourth-order valence-corrected chi connectivity index (χ4v) is 4.50. The minimum Gasteiger partial charge on any atom is -0.361 e. The number of nitrogens with one attached hydrogen (secondary N) is 1. The number of rotatable bonds is 8. The van der Waals surface area contributed by atoms with Gasteiger partial charge in [-0.3, -0.25) is 14.3 Å². The summed E-state index contributed by atoms with van der Waals surface area (Å²) >= 11 is 0. The number of hydrogen-bond donors (Lipinski definition) is 1. The highest BCUT2D eigenvalue weighted by atomic mass is 19.1. The molecule has 4 aromatic rings. The van der Waals surface area contributed by atoms with Crippen molar-refractivity contribution in [2.75, 3.05) is 32.7 Å². The highest BCUT2D eigenvalue weighted by Gasteiger charge is 2.23. The number of carbonyl (C=O) groups excluding carboxylic acids is 1. The molecule has 1 aliphatic heterocycles. The Morgan fingerprint density at radius 2 is 1.88 bits per heavy atom. The third-order valence-corrected chi connectivity index (χ3v) is 6.35. The molecule has 1 saturated heterocycles. The van der Waals surface area contributed by atoms with Crippen LogP contribution in [0.5, 0.6) is 0 Å².